The lowest BCUT2D eigenvalue weighted by molar-refractivity contribution is -0.129. The number of halogens is 2. The molecule has 3 nitrogen and oxygen atoms in total. The first-order chi connectivity index (χ1) is 8.41. The minimum atomic E-state index is -0.507. The Labute approximate surface area is 118 Å². The van der Waals surface area contributed by atoms with Gasteiger partial charge in [0.1, 0.15) is 17.7 Å². The van der Waals surface area contributed by atoms with Gasteiger partial charge in [0.15, 0.2) is 0 Å². The highest BCUT2D eigenvalue weighted by Gasteiger charge is 2.14. The van der Waals surface area contributed by atoms with Crippen LogP contribution in [0.2, 0.25) is 5.02 Å². The minimum Gasteiger partial charge on any atom is -0.492 e. The molecule has 0 aliphatic carbocycles. The number of hydrogen-bond acceptors (Lipinski definition) is 2. The van der Waals surface area contributed by atoms with Crippen LogP contribution in [0.5, 0.6) is 5.75 Å². The zero-order valence-electron chi connectivity index (χ0n) is 10.7. The zero-order valence-corrected chi connectivity index (χ0v) is 12.3. The van der Waals surface area contributed by atoms with Crippen LogP contribution >= 0.6 is 23.2 Å². The van der Waals surface area contributed by atoms with Crippen LogP contribution < -0.4 is 4.74 Å². The Bertz CT molecular complexity index is 421. The van der Waals surface area contributed by atoms with Crippen molar-refractivity contribution in [2.75, 3.05) is 20.2 Å². The molecule has 0 aliphatic rings. The number of carbonyl (C=O) groups excluding carboxylic acids is 1. The van der Waals surface area contributed by atoms with Gasteiger partial charge in [-0.25, -0.2) is 0 Å². The number of alkyl halides is 1. The van der Waals surface area contributed by atoms with E-state index in [0.717, 1.165) is 11.3 Å². The van der Waals surface area contributed by atoms with Gasteiger partial charge in [0.25, 0.3) is 0 Å². The van der Waals surface area contributed by atoms with Crippen molar-refractivity contribution in [2.24, 2.45) is 0 Å². The molecule has 0 bridgehead atoms. The molecule has 18 heavy (non-hydrogen) atoms. The van der Waals surface area contributed by atoms with Crippen molar-refractivity contribution < 1.29 is 9.53 Å². The van der Waals surface area contributed by atoms with E-state index in [1.165, 1.54) is 0 Å². The van der Waals surface area contributed by atoms with Crippen molar-refractivity contribution in [3.63, 3.8) is 0 Å². The summed E-state index contributed by atoms with van der Waals surface area (Å²) in [6, 6.07) is 5.47. The Morgan fingerprint density at radius 1 is 1.50 bits per heavy atom. The van der Waals surface area contributed by atoms with E-state index in [-0.39, 0.29) is 5.91 Å². The number of amides is 1. The lowest BCUT2D eigenvalue weighted by Gasteiger charge is -2.18. The average Bonchev–Trinajstić information content (AvgIpc) is 2.32. The molecule has 0 fully saturated rings. The van der Waals surface area contributed by atoms with Crippen LogP contribution in [0.4, 0.5) is 0 Å². The molecule has 0 N–H and O–H groups in total. The van der Waals surface area contributed by atoms with Crippen molar-refractivity contribution in [3.8, 4) is 5.75 Å². The number of rotatable bonds is 5. The molecule has 0 spiro atoms. The molecular weight excluding hydrogens is 273 g/mol. The van der Waals surface area contributed by atoms with Gasteiger partial charge in [0.2, 0.25) is 5.91 Å². The first kappa shape index (κ1) is 15.1. The smallest absolute Gasteiger partial charge is 0.240 e. The minimum absolute atomic E-state index is 0.104. The molecule has 0 aliphatic heterocycles. The summed E-state index contributed by atoms with van der Waals surface area (Å²) in [5.41, 5.74) is 0.966. The highest BCUT2D eigenvalue weighted by Crippen LogP contribution is 2.20. The van der Waals surface area contributed by atoms with E-state index < -0.39 is 5.38 Å². The van der Waals surface area contributed by atoms with Gasteiger partial charge in [-0.15, -0.1) is 11.6 Å². The van der Waals surface area contributed by atoms with Crippen molar-refractivity contribution in [2.45, 2.75) is 19.2 Å². The Kier molecular flexibility index (Phi) is 5.76. The van der Waals surface area contributed by atoms with Crippen molar-refractivity contribution in [3.05, 3.63) is 28.8 Å². The normalized spacial score (nSPS) is 12.1. The SMILES string of the molecule is Cc1cc(OCCN(C)C(=O)C(C)Cl)ccc1Cl. The molecule has 1 aromatic rings. The lowest BCUT2D eigenvalue weighted by atomic mass is 10.2. The molecule has 0 aromatic heterocycles. The Morgan fingerprint density at radius 2 is 2.17 bits per heavy atom. The Hall–Kier alpha value is -0.930. The van der Waals surface area contributed by atoms with Crippen LogP contribution in [0.1, 0.15) is 12.5 Å². The number of hydrogen-bond donors (Lipinski definition) is 0. The molecule has 1 atom stereocenters. The first-order valence-corrected chi connectivity index (χ1v) is 6.51. The molecule has 1 unspecified atom stereocenters. The quantitative estimate of drug-likeness (QED) is 0.780. The van der Waals surface area contributed by atoms with E-state index in [9.17, 15) is 4.79 Å². The maximum Gasteiger partial charge on any atom is 0.240 e. The van der Waals surface area contributed by atoms with Crippen molar-refractivity contribution >= 4 is 29.1 Å². The van der Waals surface area contributed by atoms with Crippen molar-refractivity contribution in [1.29, 1.82) is 0 Å². The third-order valence-corrected chi connectivity index (χ3v) is 3.15. The third kappa shape index (κ3) is 4.39. The van der Waals surface area contributed by atoms with Gasteiger partial charge in [-0.1, -0.05) is 11.6 Å². The predicted molar refractivity (Wildman–Crippen MR) is 74.6 cm³/mol. The number of carbonyl (C=O) groups is 1. The van der Waals surface area contributed by atoms with Crippen LogP contribution in [-0.4, -0.2) is 36.4 Å². The lowest BCUT2D eigenvalue weighted by Crippen LogP contribution is -2.35. The summed E-state index contributed by atoms with van der Waals surface area (Å²) in [7, 11) is 1.71. The highest BCUT2D eigenvalue weighted by atomic mass is 35.5. The van der Waals surface area contributed by atoms with Crippen LogP contribution in [0.3, 0.4) is 0 Å². The fraction of sp³-hybridized carbons (Fsp3) is 0.462. The number of likely N-dealkylation sites (N-methyl/N-ethyl adjacent to an activating group) is 1. The summed E-state index contributed by atoms with van der Waals surface area (Å²) in [5.74, 6) is 0.643. The van der Waals surface area contributed by atoms with Gasteiger partial charge in [0, 0.05) is 12.1 Å². The number of ether oxygens (including phenoxy) is 1. The number of aryl methyl sites for hydroxylation is 1. The number of benzene rings is 1. The largest absolute Gasteiger partial charge is 0.492 e. The topological polar surface area (TPSA) is 29.5 Å². The second kappa shape index (κ2) is 6.86. The molecule has 0 saturated heterocycles. The zero-order chi connectivity index (χ0) is 13.7. The maximum atomic E-state index is 11.5. The fourth-order valence-electron chi connectivity index (χ4n) is 1.42. The molecule has 0 saturated carbocycles. The van der Waals surface area contributed by atoms with Gasteiger partial charge in [-0.3, -0.25) is 4.79 Å². The molecule has 0 heterocycles. The summed E-state index contributed by atoms with van der Waals surface area (Å²) >= 11 is 11.6. The van der Waals surface area contributed by atoms with Gasteiger partial charge in [-0.2, -0.15) is 0 Å². The van der Waals surface area contributed by atoms with Gasteiger partial charge >= 0.3 is 0 Å². The second-order valence-electron chi connectivity index (χ2n) is 4.14. The number of nitrogens with zero attached hydrogens (tertiary/aromatic N) is 1. The van der Waals surface area contributed by atoms with Gasteiger partial charge in [-0.05, 0) is 37.6 Å². The van der Waals surface area contributed by atoms with Gasteiger partial charge < -0.3 is 9.64 Å². The molecule has 1 aromatic carbocycles. The highest BCUT2D eigenvalue weighted by molar-refractivity contribution is 6.31. The van der Waals surface area contributed by atoms with Crippen LogP contribution in [0.25, 0.3) is 0 Å². The molecule has 1 rings (SSSR count). The van der Waals surface area contributed by atoms with Crippen LogP contribution in [0.15, 0.2) is 18.2 Å². The fourth-order valence-corrected chi connectivity index (χ4v) is 1.71. The Morgan fingerprint density at radius 3 is 2.72 bits per heavy atom. The summed E-state index contributed by atoms with van der Waals surface area (Å²) in [6.45, 7) is 4.49. The molecule has 1 amide bonds. The van der Waals surface area contributed by atoms with E-state index in [2.05, 4.69) is 0 Å². The van der Waals surface area contributed by atoms with Crippen molar-refractivity contribution in [1.82, 2.24) is 4.90 Å². The summed E-state index contributed by atoms with van der Waals surface area (Å²) in [5, 5.41) is 0.207. The molecule has 0 radical (unpaired) electrons. The molecule has 5 heteroatoms. The second-order valence-corrected chi connectivity index (χ2v) is 5.20. The van der Waals surface area contributed by atoms with E-state index in [1.54, 1.807) is 31.0 Å². The van der Waals surface area contributed by atoms with Gasteiger partial charge in [0.05, 0.1) is 6.54 Å². The Balaban J connectivity index is 2.42. The molecular formula is C13H17Cl2NO2. The average molecular weight is 290 g/mol. The maximum absolute atomic E-state index is 11.5. The monoisotopic (exact) mass is 289 g/mol. The standard InChI is InChI=1S/C13H17Cl2NO2/c1-9-8-11(4-5-12(9)15)18-7-6-16(3)13(17)10(2)14/h4-5,8,10H,6-7H2,1-3H3. The van der Waals surface area contributed by atoms with E-state index >= 15 is 0 Å². The van der Waals surface area contributed by atoms with Crippen LogP contribution in [0, 0.1) is 6.92 Å². The van der Waals surface area contributed by atoms with E-state index in [4.69, 9.17) is 27.9 Å². The molecule has 100 valence electrons. The third-order valence-electron chi connectivity index (χ3n) is 2.54. The van der Waals surface area contributed by atoms with E-state index in [1.807, 2.05) is 13.0 Å². The first-order valence-electron chi connectivity index (χ1n) is 5.70. The summed E-state index contributed by atoms with van der Waals surface area (Å²) in [6.07, 6.45) is 0. The summed E-state index contributed by atoms with van der Waals surface area (Å²) < 4.78 is 5.55. The van der Waals surface area contributed by atoms with E-state index in [0.29, 0.717) is 18.2 Å². The summed E-state index contributed by atoms with van der Waals surface area (Å²) in [4.78, 5) is 13.1. The predicted octanol–water partition coefficient (Wildman–Crippen LogP) is 3.11. The van der Waals surface area contributed by atoms with Crippen LogP contribution in [-0.2, 0) is 4.79 Å².